The molecule has 3 atom stereocenters. The molecule has 170 valence electrons. The van der Waals surface area contributed by atoms with E-state index < -0.39 is 69.9 Å². The van der Waals surface area contributed by atoms with E-state index in [4.69, 9.17) is 9.52 Å². The molecule has 0 saturated carbocycles. The molecule has 1 aromatic rings. The predicted molar refractivity (Wildman–Crippen MR) is 101 cm³/mol. The summed E-state index contributed by atoms with van der Waals surface area (Å²) in [6, 6.07) is -1.50. The van der Waals surface area contributed by atoms with Crippen LogP contribution in [0.3, 0.4) is 0 Å². The first-order valence-corrected chi connectivity index (χ1v) is 10.8. The zero-order valence-electron chi connectivity index (χ0n) is 16.7. The Hall–Kier alpha value is -2.44. The third-order valence-corrected chi connectivity index (χ3v) is 5.59. The van der Waals surface area contributed by atoms with Crippen LogP contribution in [0.2, 0.25) is 0 Å². The van der Waals surface area contributed by atoms with Gasteiger partial charge in [-0.05, 0) is 33.6 Å². The van der Waals surface area contributed by atoms with Gasteiger partial charge in [0.05, 0.1) is 11.6 Å². The van der Waals surface area contributed by atoms with Crippen molar-refractivity contribution >= 4 is 21.8 Å². The molecule has 3 N–H and O–H groups in total. The number of hydrogen-bond donors (Lipinski definition) is 3. The van der Waals surface area contributed by atoms with Gasteiger partial charge in [0.25, 0.3) is 0 Å². The third kappa shape index (κ3) is 9.37. The Labute approximate surface area is 172 Å². The Bertz CT molecular complexity index is 826. The number of alkyl carbamates (subject to hydrolysis) is 1. The number of carbonyl (C=O) groups excluding carboxylic acids is 1. The molecule has 1 aromatic heterocycles. The minimum atomic E-state index is -4.67. The molecule has 13 heteroatoms. The van der Waals surface area contributed by atoms with Gasteiger partial charge >= 0.3 is 18.2 Å². The van der Waals surface area contributed by atoms with Gasteiger partial charge < -0.3 is 15.2 Å². The Morgan fingerprint density at radius 1 is 1.23 bits per heavy atom. The van der Waals surface area contributed by atoms with Gasteiger partial charge in [-0.15, -0.1) is 0 Å². The molecule has 0 spiro atoms. The highest BCUT2D eigenvalue weighted by Crippen LogP contribution is 2.36. The van der Waals surface area contributed by atoms with E-state index >= 15 is 0 Å². The van der Waals surface area contributed by atoms with E-state index in [1.807, 2.05) is 0 Å². The molecule has 0 aliphatic carbocycles. The zero-order chi connectivity index (χ0) is 23.2. The zero-order valence-corrected chi connectivity index (χ0v) is 17.5. The second-order valence-electron chi connectivity index (χ2n) is 7.56. The number of aromatic nitrogens is 2. The highest BCUT2D eigenvalue weighted by atomic mass is 32.2. The number of carbonyl (C=O) groups is 2. The Balaban J connectivity index is 2.74. The first-order valence-electron chi connectivity index (χ1n) is 8.90. The molecule has 0 fully saturated rings. The lowest BCUT2D eigenvalue weighted by molar-refractivity contribution is -0.151. The van der Waals surface area contributed by atoms with Crippen LogP contribution >= 0.6 is 0 Å². The van der Waals surface area contributed by atoms with Crippen LogP contribution in [-0.2, 0) is 19.3 Å². The fourth-order valence-corrected chi connectivity index (χ4v) is 3.83. The van der Waals surface area contributed by atoms with Crippen LogP contribution in [0.25, 0.3) is 0 Å². The van der Waals surface area contributed by atoms with Gasteiger partial charge in [-0.25, -0.2) is 13.8 Å². The number of amides is 1. The molecule has 0 radical (unpaired) electrons. The summed E-state index contributed by atoms with van der Waals surface area (Å²) in [4.78, 5) is 30.3. The molecule has 0 saturated heterocycles. The maximum absolute atomic E-state index is 13.3. The molecule has 1 amide bonds. The van der Waals surface area contributed by atoms with E-state index in [9.17, 15) is 32.1 Å². The van der Waals surface area contributed by atoms with Gasteiger partial charge in [-0.2, -0.15) is 13.2 Å². The molecule has 1 rings (SSSR count). The topological polar surface area (TPSA) is 142 Å². The SMILES string of the molecule is CC(C)(C)OC(=O)N[C@@H](CCS(=N)(=O)CCC(c1cnccn1)C(F)(F)F)C(=O)O. The summed E-state index contributed by atoms with van der Waals surface area (Å²) < 4.78 is 65.2. The predicted octanol–water partition coefficient (Wildman–Crippen LogP) is 2.93. The van der Waals surface area contributed by atoms with Crippen molar-refractivity contribution in [2.45, 2.75) is 57.3 Å². The Morgan fingerprint density at radius 2 is 1.83 bits per heavy atom. The lowest BCUT2D eigenvalue weighted by Crippen LogP contribution is -2.44. The van der Waals surface area contributed by atoms with Crippen molar-refractivity contribution in [2.75, 3.05) is 11.5 Å². The monoisotopic (exact) mass is 454 g/mol. The lowest BCUT2D eigenvalue weighted by atomic mass is 10.0. The highest BCUT2D eigenvalue weighted by Gasteiger charge is 2.42. The molecule has 1 heterocycles. The van der Waals surface area contributed by atoms with Crippen molar-refractivity contribution in [2.24, 2.45) is 0 Å². The van der Waals surface area contributed by atoms with E-state index in [-0.39, 0.29) is 5.69 Å². The van der Waals surface area contributed by atoms with E-state index in [0.717, 1.165) is 12.4 Å². The molecule has 0 aliphatic heterocycles. The van der Waals surface area contributed by atoms with E-state index in [1.54, 1.807) is 20.8 Å². The van der Waals surface area contributed by atoms with E-state index in [2.05, 4.69) is 15.3 Å². The van der Waals surface area contributed by atoms with Crippen LogP contribution in [0.4, 0.5) is 18.0 Å². The van der Waals surface area contributed by atoms with Gasteiger partial charge in [0.15, 0.2) is 0 Å². The maximum atomic E-state index is 13.3. The second-order valence-corrected chi connectivity index (χ2v) is 10.00. The lowest BCUT2D eigenvalue weighted by Gasteiger charge is -2.22. The summed E-state index contributed by atoms with van der Waals surface area (Å²) in [5.41, 5.74) is -1.22. The first kappa shape index (κ1) is 25.6. The van der Waals surface area contributed by atoms with Crippen LogP contribution < -0.4 is 5.32 Å². The maximum Gasteiger partial charge on any atom is 0.408 e. The number of halogens is 3. The molecular weight excluding hydrogens is 429 g/mol. The number of hydrogen-bond acceptors (Lipinski definition) is 7. The Kier molecular flexibility index (Phi) is 8.57. The molecule has 30 heavy (non-hydrogen) atoms. The number of alkyl halides is 3. The number of rotatable bonds is 9. The first-order chi connectivity index (χ1) is 13.6. The molecule has 2 unspecified atom stereocenters. The van der Waals surface area contributed by atoms with Crippen LogP contribution in [0.5, 0.6) is 0 Å². The average Bonchev–Trinajstić information content (AvgIpc) is 2.56. The smallest absolute Gasteiger partial charge is 0.408 e. The number of nitrogens with one attached hydrogen (secondary N) is 2. The van der Waals surface area contributed by atoms with Gasteiger partial charge in [-0.1, -0.05) is 0 Å². The quantitative estimate of drug-likeness (QED) is 0.521. The second kappa shape index (κ2) is 10.0. The molecular formula is C17H25F3N4O5S. The van der Waals surface area contributed by atoms with Crippen LogP contribution in [0, 0.1) is 4.78 Å². The van der Waals surface area contributed by atoms with Gasteiger partial charge in [0.1, 0.15) is 11.6 Å². The average molecular weight is 454 g/mol. The fourth-order valence-electron chi connectivity index (χ4n) is 2.40. The molecule has 9 nitrogen and oxygen atoms in total. The Morgan fingerprint density at radius 3 is 2.30 bits per heavy atom. The summed E-state index contributed by atoms with van der Waals surface area (Å²) in [5.74, 6) is -4.62. The normalized spacial score (nSPS) is 16.2. The number of aliphatic carboxylic acids is 1. The van der Waals surface area contributed by atoms with Crippen molar-refractivity contribution < 1.29 is 36.8 Å². The summed E-state index contributed by atoms with van der Waals surface area (Å²) in [7, 11) is -3.55. The van der Waals surface area contributed by atoms with Crippen molar-refractivity contribution in [3.8, 4) is 0 Å². The highest BCUT2D eigenvalue weighted by molar-refractivity contribution is 7.92. The van der Waals surface area contributed by atoms with Gasteiger partial charge in [-0.3, -0.25) is 14.7 Å². The van der Waals surface area contributed by atoms with Crippen molar-refractivity contribution in [3.05, 3.63) is 24.3 Å². The minimum Gasteiger partial charge on any atom is -0.480 e. The largest absolute Gasteiger partial charge is 0.480 e. The van der Waals surface area contributed by atoms with Gasteiger partial charge in [0, 0.05) is 39.8 Å². The molecule has 0 aliphatic rings. The number of ether oxygens (including phenoxy) is 1. The van der Waals surface area contributed by atoms with Crippen LogP contribution in [0.15, 0.2) is 18.6 Å². The van der Waals surface area contributed by atoms with Crippen LogP contribution in [0.1, 0.15) is 45.2 Å². The van der Waals surface area contributed by atoms with Gasteiger partial charge in [0.2, 0.25) is 0 Å². The summed E-state index contributed by atoms with van der Waals surface area (Å²) in [6.07, 6.45) is -3.48. The van der Waals surface area contributed by atoms with Crippen molar-refractivity contribution in [1.29, 1.82) is 4.78 Å². The number of nitrogens with zero attached hydrogens (tertiary/aromatic N) is 2. The van der Waals surface area contributed by atoms with E-state index in [1.165, 1.54) is 6.20 Å². The third-order valence-electron chi connectivity index (χ3n) is 3.80. The van der Waals surface area contributed by atoms with Crippen molar-refractivity contribution in [3.63, 3.8) is 0 Å². The standard InChI is InChI=1S/C17H25F3N4O5S/c1-16(2,3)29-15(27)24-12(14(25)26)5-9-30(21,28)8-4-11(17(18,19)20)13-10-22-6-7-23-13/h6-7,10-12,21H,4-5,8-9H2,1-3H3,(H,24,27)(H,25,26)/t11?,12-,30?/m0/s1. The summed E-state index contributed by atoms with van der Waals surface area (Å²) in [5, 5.41) is 11.3. The van der Waals surface area contributed by atoms with E-state index in [0.29, 0.717) is 0 Å². The minimum absolute atomic E-state index is 0.352. The summed E-state index contributed by atoms with van der Waals surface area (Å²) in [6.45, 7) is 4.73. The number of carboxylic acid groups (broad SMARTS) is 1. The summed E-state index contributed by atoms with van der Waals surface area (Å²) >= 11 is 0. The fraction of sp³-hybridized carbons (Fsp3) is 0.647. The van der Waals surface area contributed by atoms with Crippen LogP contribution in [-0.4, -0.2) is 60.7 Å². The molecule has 0 aromatic carbocycles. The van der Waals surface area contributed by atoms with Crippen molar-refractivity contribution in [1.82, 2.24) is 15.3 Å². The number of carboxylic acids is 1. The molecule has 0 bridgehead atoms.